The molecule has 0 bridgehead atoms. The van der Waals surface area contributed by atoms with E-state index < -0.39 is 10.0 Å². The number of benzene rings is 1. The van der Waals surface area contributed by atoms with E-state index in [9.17, 15) is 13.2 Å². The van der Waals surface area contributed by atoms with Gasteiger partial charge in [0.25, 0.3) is 5.91 Å². The van der Waals surface area contributed by atoms with E-state index >= 15 is 0 Å². The van der Waals surface area contributed by atoms with Gasteiger partial charge in [-0.3, -0.25) is 9.48 Å². The Morgan fingerprint density at radius 3 is 2.62 bits per heavy atom. The molecule has 0 saturated heterocycles. The standard InChI is InChI=1S/C18H24N4O3S/c1-4-5-17(22-13(3)10-12(2)20-22)18(23)21-9-8-14-11-15(26(19,24)25)6-7-16(14)21/h6-7,10-11,17H,4-5,8-9H2,1-3H3,(H2,19,24,25)/t17-/m0/s1. The molecule has 0 unspecified atom stereocenters. The van der Waals surface area contributed by atoms with Crippen molar-refractivity contribution in [2.75, 3.05) is 11.4 Å². The molecule has 0 radical (unpaired) electrons. The van der Waals surface area contributed by atoms with E-state index in [1.165, 1.54) is 6.07 Å². The number of rotatable bonds is 5. The number of hydrogen-bond donors (Lipinski definition) is 1. The molecule has 0 saturated carbocycles. The summed E-state index contributed by atoms with van der Waals surface area (Å²) in [6.07, 6.45) is 2.17. The van der Waals surface area contributed by atoms with Crippen molar-refractivity contribution in [3.63, 3.8) is 0 Å². The minimum Gasteiger partial charge on any atom is -0.310 e. The SMILES string of the molecule is CCC[C@@H](C(=O)N1CCc2cc(S(N)(=O)=O)ccc21)n1nc(C)cc1C. The lowest BCUT2D eigenvalue weighted by Gasteiger charge is -2.25. The Morgan fingerprint density at radius 2 is 2.04 bits per heavy atom. The fourth-order valence-corrected chi connectivity index (χ4v) is 4.11. The summed E-state index contributed by atoms with van der Waals surface area (Å²) in [4.78, 5) is 15.1. The van der Waals surface area contributed by atoms with Crippen LogP contribution in [0, 0.1) is 13.8 Å². The first-order valence-corrected chi connectivity index (χ1v) is 10.3. The summed E-state index contributed by atoms with van der Waals surface area (Å²) in [5.41, 5.74) is 3.42. The van der Waals surface area contributed by atoms with Crippen LogP contribution in [0.1, 0.15) is 42.8 Å². The number of carbonyl (C=O) groups excluding carboxylic acids is 1. The zero-order valence-corrected chi connectivity index (χ0v) is 16.1. The van der Waals surface area contributed by atoms with Crippen molar-refractivity contribution in [2.24, 2.45) is 5.14 Å². The van der Waals surface area contributed by atoms with Gasteiger partial charge in [0.2, 0.25) is 10.0 Å². The van der Waals surface area contributed by atoms with Crippen LogP contribution in [0.5, 0.6) is 0 Å². The van der Waals surface area contributed by atoms with Crippen LogP contribution in [0.3, 0.4) is 0 Å². The Bertz CT molecular complexity index is 949. The van der Waals surface area contributed by atoms with Crippen LogP contribution in [-0.2, 0) is 21.2 Å². The smallest absolute Gasteiger partial charge is 0.251 e. The maximum Gasteiger partial charge on any atom is 0.251 e. The average Bonchev–Trinajstić information content (AvgIpc) is 3.13. The van der Waals surface area contributed by atoms with Gasteiger partial charge in [0.05, 0.1) is 10.6 Å². The number of nitrogens with two attached hydrogens (primary N) is 1. The number of anilines is 1. The molecule has 1 atom stereocenters. The van der Waals surface area contributed by atoms with E-state index in [-0.39, 0.29) is 16.8 Å². The van der Waals surface area contributed by atoms with E-state index in [2.05, 4.69) is 5.10 Å². The zero-order chi connectivity index (χ0) is 19.1. The molecule has 0 aliphatic carbocycles. The number of nitrogens with zero attached hydrogens (tertiary/aromatic N) is 3. The summed E-state index contributed by atoms with van der Waals surface area (Å²) in [5, 5.41) is 9.71. The molecular formula is C18H24N4O3S. The Labute approximate surface area is 153 Å². The maximum absolute atomic E-state index is 13.3. The highest BCUT2D eigenvalue weighted by Crippen LogP contribution is 2.32. The zero-order valence-electron chi connectivity index (χ0n) is 15.3. The largest absolute Gasteiger partial charge is 0.310 e. The number of primary sulfonamides is 1. The van der Waals surface area contributed by atoms with E-state index in [0.29, 0.717) is 19.4 Å². The molecule has 26 heavy (non-hydrogen) atoms. The summed E-state index contributed by atoms with van der Waals surface area (Å²) in [6.45, 7) is 6.44. The van der Waals surface area contributed by atoms with Gasteiger partial charge < -0.3 is 4.90 Å². The Hall–Kier alpha value is -2.19. The Kier molecular flexibility index (Phi) is 4.90. The van der Waals surface area contributed by atoms with Crippen molar-refractivity contribution in [1.29, 1.82) is 0 Å². The van der Waals surface area contributed by atoms with Crippen LogP contribution < -0.4 is 10.0 Å². The van der Waals surface area contributed by atoms with E-state index in [4.69, 9.17) is 5.14 Å². The molecule has 140 valence electrons. The fourth-order valence-electron chi connectivity index (χ4n) is 3.55. The highest BCUT2D eigenvalue weighted by molar-refractivity contribution is 7.89. The molecule has 0 spiro atoms. The average molecular weight is 376 g/mol. The molecule has 3 rings (SSSR count). The van der Waals surface area contributed by atoms with Gasteiger partial charge in [0, 0.05) is 17.9 Å². The van der Waals surface area contributed by atoms with Gasteiger partial charge in [0.15, 0.2) is 0 Å². The molecule has 8 heteroatoms. The lowest BCUT2D eigenvalue weighted by Crippen LogP contribution is -2.37. The molecule has 1 aromatic heterocycles. The molecule has 2 aromatic rings. The number of carbonyl (C=O) groups is 1. The molecular weight excluding hydrogens is 352 g/mol. The van der Waals surface area contributed by atoms with Gasteiger partial charge in [0.1, 0.15) is 6.04 Å². The van der Waals surface area contributed by atoms with Crippen LogP contribution in [-0.4, -0.2) is 30.7 Å². The molecule has 0 fully saturated rings. The molecule has 7 nitrogen and oxygen atoms in total. The molecule has 2 heterocycles. The van der Waals surface area contributed by atoms with Gasteiger partial charge in [-0.25, -0.2) is 13.6 Å². The minimum atomic E-state index is -3.75. The summed E-state index contributed by atoms with van der Waals surface area (Å²) in [5.74, 6) is -0.0137. The van der Waals surface area contributed by atoms with Gasteiger partial charge in [-0.05, 0) is 56.5 Å². The first kappa shape index (κ1) is 18.6. The highest BCUT2D eigenvalue weighted by Gasteiger charge is 2.32. The quantitative estimate of drug-likeness (QED) is 0.864. The fraction of sp³-hybridized carbons (Fsp3) is 0.444. The molecule has 1 aliphatic heterocycles. The third-order valence-corrected chi connectivity index (χ3v) is 5.64. The van der Waals surface area contributed by atoms with Crippen molar-refractivity contribution < 1.29 is 13.2 Å². The lowest BCUT2D eigenvalue weighted by atomic mass is 10.1. The summed E-state index contributed by atoms with van der Waals surface area (Å²) in [7, 11) is -3.75. The third kappa shape index (κ3) is 3.39. The van der Waals surface area contributed by atoms with Crippen LogP contribution >= 0.6 is 0 Å². The third-order valence-electron chi connectivity index (χ3n) is 4.73. The lowest BCUT2D eigenvalue weighted by molar-refractivity contribution is -0.122. The van der Waals surface area contributed by atoms with E-state index in [0.717, 1.165) is 29.1 Å². The van der Waals surface area contributed by atoms with Crippen molar-refractivity contribution >= 4 is 21.6 Å². The summed E-state index contributed by atoms with van der Waals surface area (Å²) < 4.78 is 24.9. The number of sulfonamides is 1. The van der Waals surface area contributed by atoms with E-state index in [1.54, 1.807) is 21.7 Å². The topological polar surface area (TPSA) is 98.3 Å². The summed E-state index contributed by atoms with van der Waals surface area (Å²) in [6, 6.07) is 6.29. The Morgan fingerprint density at radius 1 is 1.31 bits per heavy atom. The van der Waals surface area contributed by atoms with Gasteiger partial charge in [-0.2, -0.15) is 5.10 Å². The van der Waals surface area contributed by atoms with Crippen molar-refractivity contribution in [3.8, 4) is 0 Å². The number of aromatic nitrogens is 2. The van der Waals surface area contributed by atoms with Crippen LogP contribution in [0.2, 0.25) is 0 Å². The van der Waals surface area contributed by atoms with Gasteiger partial charge >= 0.3 is 0 Å². The predicted octanol–water partition coefficient (Wildman–Crippen LogP) is 2.08. The number of aryl methyl sites for hydroxylation is 2. The second kappa shape index (κ2) is 6.85. The second-order valence-corrected chi connectivity index (χ2v) is 8.31. The summed E-state index contributed by atoms with van der Waals surface area (Å²) >= 11 is 0. The van der Waals surface area contributed by atoms with E-state index in [1.807, 2.05) is 26.8 Å². The van der Waals surface area contributed by atoms with Crippen LogP contribution in [0.25, 0.3) is 0 Å². The normalized spacial score (nSPS) is 15.2. The van der Waals surface area contributed by atoms with Crippen molar-refractivity contribution in [2.45, 2.75) is 51.0 Å². The first-order chi connectivity index (χ1) is 12.2. The number of fused-ring (bicyclic) bond motifs is 1. The predicted molar refractivity (Wildman–Crippen MR) is 99.5 cm³/mol. The van der Waals surface area contributed by atoms with Gasteiger partial charge in [-0.15, -0.1) is 0 Å². The maximum atomic E-state index is 13.3. The van der Waals surface area contributed by atoms with Gasteiger partial charge in [-0.1, -0.05) is 13.3 Å². The molecule has 2 N–H and O–H groups in total. The second-order valence-electron chi connectivity index (χ2n) is 6.75. The molecule has 1 aliphatic rings. The molecule has 1 aromatic carbocycles. The van der Waals surface area contributed by atoms with Crippen molar-refractivity contribution in [3.05, 3.63) is 41.2 Å². The number of hydrogen-bond acceptors (Lipinski definition) is 4. The van der Waals surface area contributed by atoms with Crippen molar-refractivity contribution in [1.82, 2.24) is 9.78 Å². The monoisotopic (exact) mass is 376 g/mol. The molecule has 1 amide bonds. The highest BCUT2D eigenvalue weighted by atomic mass is 32.2. The minimum absolute atomic E-state index is 0.0137. The Balaban J connectivity index is 1.95. The van der Waals surface area contributed by atoms with Crippen LogP contribution in [0.4, 0.5) is 5.69 Å². The van der Waals surface area contributed by atoms with Crippen LogP contribution in [0.15, 0.2) is 29.2 Å². The first-order valence-electron chi connectivity index (χ1n) is 8.72. The number of amides is 1.